The monoisotopic (exact) mass is 1120 g/mol. The fraction of sp³-hybridized carbons (Fsp3) is 0.431. The van der Waals surface area contributed by atoms with Gasteiger partial charge in [0.05, 0.1) is 46.3 Å². The van der Waals surface area contributed by atoms with Crippen LogP contribution in [0.25, 0.3) is 15.4 Å². The van der Waals surface area contributed by atoms with E-state index in [-0.39, 0.29) is 45.0 Å². The van der Waals surface area contributed by atoms with Gasteiger partial charge in [0.15, 0.2) is 21.3 Å². The van der Waals surface area contributed by atoms with Gasteiger partial charge in [-0.05, 0) is 85.7 Å². The zero-order valence-electron chi connectivity index (χ0n) is 43.0. The molecule has 19 nitrogen and oxygen atoms in total. The van der Waals surface area contributed by atoms with E-state index < -0.39 is 74.2 Å². The van der Waals surface area contributed by atoms with E-state index in [1.807, 2.05) is 54.8 Å². The van der Waals surface area contributed by atoms with Crippen LogP contribution in [0.15, 0.2) is 71.4 Å². The molecule has 7 rings (SSSR count). The Bertz CT molecular complexity index is 3090. The number of hydrogen-bond acceptors (Lipinski definition) is 17. The summed E-state index contributed by atoms with van der Waals surface area (Å²) in [5, 5.41) is 18.3. The summed E-state index contributed by atoms with van der Waals surface area (Å²) < 4.78 is 41.7. The summed E-state index contributed by atoms with van der Waals surface area (Å²) in [5.74, 6) is -0.837. The van der Waals surface area contributed by atoms with Crippen molar-refractivity contribution in [3.8, 4) is 15.4 Å². The van der Waals surface area contributed by atoms with Crippen molar-refractivity contribution in [1.82, 2.24) is 40.6 Å². The van der Waals surface area contributed by atoms with Gasteiger partial charge in [0, 0.05) is 46.8 Å². The first-order valence-electron chi connectivity index (χ1n) is 24.0. The number of nitrogens with one attached hydrogen (secondary N) is 3. The van der Waals surface area contributed by atoms with Crippen LogP contribution >= 0.6 is 45.1 Å². The van der Waals surface area contributed by atoms with E-state index in [1.54, 1.807) is 56.7 Å². The van der Waals surface area contributed by atoms with E-state index in [0.717, 1.165) is 60.2 Å². The maximum Gasteiger partial charge on any atom is 0.508 e. The summed E-state index contributed by atoms with van der Waals surface area (Å²) >= 11 is 9.39. The van der Waals surface area contributed by atoms with Crippen LogP contribution in [0.4, 0.5) is 4.79 Å². The molecule has 0 radical (unpaired) electrons. The highest BCUT2D eigenvalue weighted by molar-refractivity contribution is 8.72. The molecule has 75 heavy (non-hydrogen) atoms. The van der Waals surface area contributed by atoms with E-state index in [1.165, 1.54) is 28.6 Å². The van der Waals surface area contributed by atoms with Crippen LogP contribution in [0.1, 0.15) is 91.1 Å². The summed E-state index contributed by atoms with van der Waals surface area (Å²) in [7, 11) is -2.77. The molecule has 0 aliphatic carbocycles. The molecular weight excluding hydrogens is 1060 g/mol. The minimum atomic E-state index is -3.41. The van der Waals surface area contributed by atoms with Gasteiger partial charge in [0.2, 0.25) is 17.7 Å². The molecule has 3 aromatic heterocycles. The van der Waals surface area contributed by atoms with Crippen LogP contribution in [-0.2, 0) is 48.8 Å². The topological polar surface area (TPSA) is 242 Å². The van der Waals surface area contributed by atoms with Crippen LogP contribution in [0.5, 0.6) is 0 Å². The van der Waals surface area contributed by atoms with Crippen molar-refractivity contribution >= 4 is 89.4 Å². The molecule has 24 heteroatoms. The third kappa shape index (κ3) is 14.4. The van der Waals surface area contributed by atoms with Crippen molar-refractivity contribution in [2.75, 3.05) is 32.6 Å². The predicted molar refractivity (Wildman–Crippen MR) is 290 cm³/mol. The Balaban J connectivity index is 0.962. The molecule has 5 aromatic rings. The number of carbonyl (C=O) groups excluding carboxylic acids is 5. The SMILES string of the molecule is Cc1ncsc1-c1ccc(CNC(=O)[C@@H]2C[C@@H](OC(=O)OC[C@@H](C)SS(C)(=O)=O)CN2C(=O)[C@@H](NC(=O)COC=CCNC(=O)C[C@@H]2N=C(c3ccc(Cl)cc3)c3c(sc(C)c3C)-n3c(C)nnc32)C(C)(C)C)cc1. The number of aryl methyl sites for hydroxylation is 3. The number of rotatable bonds is 19. The summed E-state index contributed by atoms with van der Waals surface area (Å²) in [4.78, 5) is 81.1. The Morgan fingerprint density at radius 3 is 2.35 bits per heavy atom. The fourth-order valence-corrected chi connectivity index (χ4v) is 13.4. The molecule has 0 spiro atoms. The number of carbonyl (C=O) groups is 5. The summed E-state index contributed by atoms with van der Waals surface area (Å²) in [6, 6.07) is 12.1. The van der Waals surface area contributed by atoms with Crippen LogP contribution in [-0.4, -0.2) is 125 Å². The van der Waals surface area contributed by atoms with Gasteiger partial charge in [0.25, 0.3) is 5.91 Å². The first-order chi connectivity index (χ1) is 35.5. The van der Waals surface area contributed by atoms with E-state index in [4.69, 9.17) is 30.8 Å². The van der Waals surface area contributed by atoms with Crippen LogP contribution in [0.2, 0.25) is 5.02 Å². The zero-order valence-corrected chi connectivity index (χ0v) is 47.0. The van der Waals surface area contributed by atoms with Gasteiger partial charge in [0.1, 0.15) is 41.7 Å². The lowest BCUT2D eigenvalue weighted by Gasteiger charge is -2.35. The Kier molecular flexibility index (Phi) is 18.3. The molecule has 2 aliphatic rings. The predicted octanol–water partition coefficient (Wildman–Crippen LogP) is 7.32. The average molecular weight is 1120 g/mol. The molecule has 1 saturated heterocycles. The normalized spacial score (nSPS) is 17.3. The molecule has 2 aromatic carbocycles. The lowest BCUT2D eigenvalue weighted by atomic mass is 9.85. The van der Waals surface area contributed by atoms with Gasteiger partial charge < -0.3 is 35.1 Å². The fourth-order valence-electron chi connectivity index (χ4n) is 8.53. The minimum Gasteiger partial charge on any atom is -0.492 e. The second-order valence-electron chi connectivity index (χ2n) is 19.3. The van der Waals surface area contributed by atoms with Crippen molar-refractivity contribution in [2.45, 2.75) is 104 Å². The number of fused-ring (bicyclic) bond motifs is 3. The number of amides is 4. The summed E-state index contributed by atoms with van der Waals surface area (Å²) in [6.45, 7) is 14.0. The summed E-state index contributed by atoms with van der Waals surface area (Å²) in [5.41, 5.74) is 7.20. The van der Waals surface area contributed by atoms with E-state index >= 15 is 0 Å². The number of ether oxygens (including phenoxy) is 3. The highest BCUT2D eigenvalue weighted by atomic mass is 35.5. The minimum absolute atomic E-state index is 0.0358. The Labute approximate surface area is 452 Å². The molecule has 3 N–H and O–H groups in total. The second-order valence-corrected chi connectivity index (χ2v) is 26.6. The second kappa shape index (κ2) is 24.2. The Morgan fingerprint density at radius 1 is 0.973 bits per heavy atom. The third-order valence-electron chi connectivity index (χ3n) is 12.3. The Hall–Kier alpha value is -6.14. The molecule has 400 valence electrons. The van der Waals surface area contributed by atoms with Crippen molar-refractivity contribution < 1.29 is 46.6 Å². The number of thiazole rings is 1. The zero-order chi connectivity index (χ0) is 54.4. The highest BCUT2D eigenvalue weighted by Gasteiger charge is 2.46. The smallest absolute Gasteiger partial charge is 0.492 e. The van der Waals surface area contributed by atoms with Crippen LogP contribution in [0, 0.1) is 33.1 Å². The number of halogens is 1. The third-order valence-corrected chi connectivity index (χ3v) is 17.6. The summed E-state index contributed by atoms with van der Waals surface area (Å²) in [6.07, 6.45) is 1.69. The number of nitrogens with zero attached hydrogens (tertiary/aromatic N) is 6. The average Bonchev–Trinajstić information content (AvgIpc) is 4.12. The number of benzene rings is 2. The van der Waals surface area contributed by atoms with E-state index in [2.05, 4.69) is 45.0 Å². The molecule has 0 saturated carbocycles. The van der Waals surface area contributed by atoms with Crippen molar-refractivity contribution in [1.29, 1.82) is 0 Å². The highest BCUT2D eigenvalue weighted by Crippen LogP contribution is 2.40. The van der Waals surface area contributed by atoms with Gasteiger partial charge in [-0.25, -0.2) is 18.2 Å². The van der Waals surface area contributed by atoms with Crippen molar-refractivity contribution in [2.24, 2.45) is 10.4 Å². The van der Waals surface area contributed by atoms with E-state index in [9.17, 15) is 32.4 Å². The molecule has 0 unspecified atom stereocenters. The van der Waals surface area contributed by atoms with Gasteiger partial charge in [-0.15, -0.1) is 32.9 Å². The number of thiophene rings is 1. The lowest BCUT2D eigenvalue weighted by Crippen LogP contribution is -2.58. The van der Waals surface area contributed by atoms with Gasteiger partial charge in [-0.1, -0.05) is 68.8 Å². The van der Waals surface area contributed by atoms with Crippen molar-refractivity contribution in [3.63, 3.8) is 0 Å². The first-order valence-corrected chi connectivity index (χ1v) is 29.3. The van der Waals surface area contributed by atoms with Crippen LogP contribution < -0.4 is 16.0 Å². The quantitative estimate of drug-likeness (QED) is 0.0417. The van der Waals surface area contributed by atoms with Gasteiger partial charge >= 0.3 is 6.16 Å². The molecule has 1 fully saturated rings. The molecule has 0 bridgehead atoms. The first kappa shape index (κ1) is 56.6. The largest absolute Gasteiger partial charge is 0.508 e. The maximum atomic E-state index is 14.5. The van der Waals surface area contributed by atoms with Gasteiger partial charge in [-0.3, -0.25) is 28.7 Å². The number of likely N-dealkylation sites (tertiary alicyclic amines) is 1. The standard InChI is InChI=1S/C51H60ClN9O10S4/c1-28(74-75(9,67)68)25-70-50(66)71-37-21-39(47(64)54-23-33-11-13-35(14-12-33)44-30(3)55-27-72-44)60(24-37)48(65)45(51(6,7)8)57-41(63)26-69-20-10-19-53-40(62)22-38-46-59-58-32(5)61(46)49-42(29(2)31(4)73-49)43(56-38)34-15-17-36(52)18-16-34/h10-18,20,27-28,37-39,45H,19,21-26H2,1-9H3,(H,53,62)(H,54,64)(H,57,63)/t28-,37-,38+,39+,45-/m1/s1. The number of aromatic nitrogens is 4. The van der Waals surface area contributed by atoms with Gasteiger partial charge in [-0.2, -0.15) is 0 Å². The van der Waals surface area contributed by atoms with Crippen molar-refractivity contribution in [3.05, 3.63) is 116 Å². The molecule has 5 atom stereocenters. The number of hydrogen-bond donors (Lipinski definition) is 3. The molecule has 4 amide bonds. The van der Waals surface area contributed by atoms with E-state index in [0.29, 0.717) is 27.5 Å². The molecular formula is C51H60ClN9O10S4. The number of aliphatic imine (C=N–C) groups is 1. The molecule has 2 aliphatic heterocycles. The Morgan fingerprint density at radius 2 is 1.68 bits per heavy atom. The lowest BCUT2D eigenvalue weighted by molar-refractivity contribution is -0.144. The maximum absolute atomic E-state index is 14.5. The molecule has 5 heterocycles. The van der Waals surface area contributed by atoms with Crippen LogP contribution in [0.3, 0.4) is 0 Å².